The van der Waals surface area contributed by atoms with E-state index in [0.29, 0.717) is 5.76 Å². The number of nitriles is 1. The number of carbonyl (C=O) groups excluding carboxylic acids is 2. The zero-order valence-electron chi connectivity index (χ0n) is 13.0. The van der Waals surface area contributed by atoms with E-state index in [9.17, 15) is 9.59 Å². The smallest absolute Gasteiger partial charge is 0.349 e. The fraction of sp³-hybridized carbons (Fsp3) is 0.118. The van der Waals surface area contributed by atoms with Gasteiger partial charge in [-0.15, -0.1) is 0 Å². The molecule has 1 heterocycles. The minimum atomic E-state index is -1.16. The lowest BCUT2D eigenvalue weighted by molar-refractivity contribution is -0.148. The number of esters is 1. The summed E-state index contributed by atoms with van der Waals surface area (Å²) in [5, 5.41) is 12.0. The van der Waals surface area contributed by atoms with Gasteiger partial charge in [0, 0.05) is 6.08 Å². The first kappa shape index (κ1) is 18.6. The molecule has 0 aliphatic rings. The van der Waals surface area contributed by atoms with Gasteiger partial charge in [0.25, 0.3) is 5.91 Å². The molecule has 25 heavy (non-hydrogen) atoms. The number of furan rings is 1. The maximum absolute atomic E-state index is 12.1. The fourth-order valence-corrected chi connectivity index (χ4v) is 2.11. The number of nitrogens with one attached hydrogen (secondary N) is 1. The van der Waals surface area contributed by atoms with Crippen LogP contribution < -0.4 is 5.32 Å². The van der Waals surface area contributed by atoms with Crippen LogP contribution in [-0.4, -0.2) is 18.0 Å². The van der Waals surface area contributed by atoms with Gasteiger partial charge in [0.2, 0.25) is 0 Å². The van der Waals surface area contributed by atoms with Gasteiger partial charge in [-0.1, -0.05) is 29.3 Å². The first-order chi connectivity index (χ1) is 11.9. The molecule has 2 rings (SSSR count). The summed E-state index contributed by atoms with van der Waals surface area (Å²) in [6, 6.07) is 9.62. The number of halogens is 2. The normalized spacial score (nSPS) is 12.2. The lowest BCUT2D eigenvalue weighted by Gasteiger charge is -2.14. The van der Waals surface area contributed by atoms with Crippen molar-refractivity contribution in [2.24, 2.45) is 0 Å². The number of benzene rings is 1. The van der Waals surface area contributed by atoms with E-state index >= 15 is 0 Å². The van der Waals surface area contributed by atoms with Crippen LogP contribution in [0.25, 0.3) is 6.08 Å². The molecule has 1 aromatic heterocycles. The van der Waals surface area contributed by atoms with Gasteiger partial charge >= 0.3 is 5.97 Å². The molecule has 0 saturated carbocycles. The molecule has 0 radical (unpaired) electrons. The highest BCUT2D eigenvalue weighted by Gasteiger charge is 2.21. The van der Waals surface area contributed by atoms with Crippen LogP contribution in [0.1, 0.15) is 12.7 Å². The van der Waals surface area contributed by atoms with Gasteiger partial charge in [-0.3, -0.25) is 4.79 Å². The molecule has 0 unspecified atom stereocenters. The molecule has 1 aromatic carbocycles. The summed E-state index contributed by atoms with van der Waals surface area (Å²) in [5.74, 6) is -1.25. The third kappa shape index (κ3) is 4.86. The van der Waals surface area contributed by atoms with E-state index in [0.717, 1.165) is 0 Å². The summed E-state index contributed by atoms with van der Waals surface area (Å²) in [5.41, 5.74) is -0.0101. The van der Waals surface area contributed by atoms with Gasteiger partial charge in [0.1, 0.15) is 17.4 Å². The molecule has 0 aliphatic carbocycles. The second kappa shape index (κ2) is 8.38. The first-order valence-electron chi connectivity index (χ1n) is 7.03. The van der Waals surface area contributed by atoms with Crippen molar-refractivity contribution in [3.63, 3.8) is 0 Å². The molecular formula is C17H12Cl2N2O4. The van der Waals surface area contributed by atoms with Gasteiger partial charge in [-0.2, -0.15) is 5.26 Å². The second-order valence-corrected chi connectivity index (χ2v) is 5.61. The molecule has 128 valence electrons. The average Bonchev–Trinajstić information content (AvgIpc) is 3.09. The maximum atomic E-state index is 12.1. The number of rotatable bonds is 5. The molecule has 0 bridgehead atoms. The third-order valence-corrected chi connectivity index (χ3v) is 3.85. The highest BCUT2D eigenvalue weighted by molar-refractivity contribution is 6.44. The van der Waals surface area contributed by atoms with E-state index in [-0.39, 0.29) is 21.3 Å². The lowest BCUT2D eigenvalue weighted by Crippen LogP contribution is -2.30. The molecule has 6 nitrogen and oxygen atoms in total. The zero-order valence-corrected chi connectivity index (χ0v) is 14.5. The van der Waals surface area contributed by atoms with Crippen LogP contribution >= 0.6 is 23.2 Å². The molecule has 0 saturated heterocycles. The quantitative estimate of drug-likeness (QED) is 0.480. The van der Waals surface area contributed by atoms with Crippen molar-refractivity contribution in [2.75, 3.05) is 5.32 Å². The largest absolute Gasteiger partial charge is 0.465 e. The van der Waals surface area contributed by atoms with E-state index in [1.54, 1.807) is 36.4 Å². The maximum Gasteiger partial charge on any atom is 0.349 e. The van der Waals surface area contributed by atoms with Crippen LogP contribution in [-0.2, 0) is 14.3 Å². The molecule has 1 atom stereocenters. The van der Waals surface area contributed by atoms with E-state index in [4.69, 9.17) is 37.6 Å². The van der Waals surface area contributed by atoms with Gasteiger partial charge in [-0.25, -0.2) is 4.79 Å². The average molecular weight is 379 g/mol. The number of nitrogens with zero attached hydrogens (tertiary/aromatic N) is 1. The fourth-order valence-electron chi connectivity index (χ4n) is 1.76. The van der Waals surface area contributed by atoms with E-state index < -0.39 is 18.0 Å². The van der Waals surface area contributed by atoms with Crippen LogP contribution in [0.15, 0.2) is 46.6 Å². The van der Waals surface area contributed by atoms with Crippen LogP contribution in [0.2, 0.25) is 10.0 Å². The summed E-state index contributed by atoms with van der Waals surface area (Å²) < 4.78 is 10.0. The molecule has 1 N–H and O–H groups in total. The number of hydrogen-bond donors (Lipinski definition) is 1. The number of carbonyl (C=O) groups is 2. The Bertz CT molecular complexity index is 854. The zero-order chi connectivity index (χ0) is 18.4. The van der Waals surface area contributed by atoms with Crippen molar-refractivity contribution in [1.82, 2.24) is 0 Å². The number of hydrogen-bond acceptors (Lipinski definition) is 5. The molecule has 0 aliphatic heterocycles. The Hall–Kier alpha value is -2.75. The third-order valence-electron chi connectivity index (χ3n) is 3.03. The Morgan fingerprint density at radius 3 is 2.72 bits per heavy atom. The topological polar surface area (TPSA) is 92.3 Å². The molecule has 1 amide bonds. The van der Waals surface area contributed by atoms with Crippen molar-refractivity contribution in [1.29, 1.82) is 5.26 Å². The predicted molar refractivity (Wildman–Crippen MR) is 92.9 cm³/mol. The SMILES string of the molecule is C[C@H](OC(=O)/C(C#N)=C/c1ccco1)C(=O)Nc1cccc(Cl)c1Cl. The van der Waals surface area contributed by atoms with E-state index in [1.807, 2.05) is 0 Å². The Kier molecular flexibility index (Phi) is 6.23. The minimum absolute atomic E-state index is 0.173. The summed E-state index contributed by atoms with van der Waals surface area (Å²) in [6.07, 6.45) is 1.47. The minimum Gasteiger partial charge on any atom is -0.465 e. The number of ether oxygens (including phenoxy) is 1. The van der Waals surface area contributed by atoms with Gasteiger partial charge in [-0.05, 0) is 31.2 Å². The predicted octanol–water partition coefficient (Wildman–Crippen LogP) is 4.06. The highest BCUT2D eigenvalue weighted by Crippen LogP contribution is 2.29. The Morgan fingerprint density at radius 2 is 2.08 bits per heavy atom. The van der Waals surface area contributed by atoms with Gasteiger partial charge < -0.3 is 14.5 Å². The standard InChI is InChI=1S/C17H12Cl2N2O4/c1-10(16(22)21-14-6-2-5-13(18)15(14)19)25-17(23)11(9-20)8-12-4-3-7-24-12/h2-8,10H,1H3,(H,21,22)/b11-8+/t10-/m0/s1. The number of amides is 1. The summed E-state index contributed by atoms with van der Waals surface area (Å²) in [6.45, 7) is 1.37. The first-order valence-corrected chi connectivity index (χ1v) is 7.79. The number of anilines is 1. The molecular weight excluding hydrogens is 367 g/mol. The molecule has 2 aromatic rings. The second-order valence-electron chi connectivity index (χ2n) is 4.82. The summed E-state index contributed by atoms with van der Waals surface area (Å²) in [4.78, 5) is 24.1. The molecule has 0 fully saturated rings. The van der Waals surface area contributed by atoms with E-state index in [1.165, 1.54) is 19.3 Å². The highest BCUT2D eigenvalue weighted by atomic mass is 35.5. The van der Waals surface area contributed by atoms with Crippen molar-refractivity contribution in [2.45, 2.75) is 13.0 Å². The lowest BCUT2D eigenvalue weighted by atomic mass is 10.2. The van der Waals surface area contributed by atoms with Crippen molar-refractivity contribution in [3.8, 4) is 6.07 Å². The van der Waals surface area contributed by atoms with Crippen LogP contribution in [0.4, 0.5) is 5.69 Å². The Morgan fingerprint density at radius 1 is 1.32 bits per heavy atom. The van der Waals surface area contributed by atoms with E-state index in [2.05, 4.69) is 5.32 Å². The van der Waals surface area contributed by atoms with Crippen molar-refractivity contribution < 1.29 is 18.7 Å². The van der Waals surface area contributed by atoms with Gasteiger partial charge in [0.05, 0.1) is 22.0 Å². The summed E-state index contributed by atoms with van der Waals surface area (Å²) >= 11 is 11.9. The van der Waals surface area contributed by atoms with Gasteiger partial charge in [0.15, 0.2) is 6.10 Å². The van der Waals surface area contributed by atoms with Crippen molar-refractivity contribution >= 4 is 46.8 Å². The van der Waals surface area contributed by atoms with Crippen molar-refractivity contribution in [3.05, 3.63) is 58.0 Å². The summed E-state index contributed by atoms with van der Waals surface area (Å²) in [7, 11) is 0. The van der Waals surface area contributed by atoms with Crippen LogP contribution in [0, 0.1) is 11.3 Å². The molecule has 0 spiro atoms. The Balaban J connectivity index is 2.04. The van der Waals surface area contributed by atoms with Crippen LogP contribution in [0.3, 0.4) is 0 Å². The van der Waals surface area contributed by atoms with Crippen LogP contribution in [0.5, 0.6) is 0 Å². The monoisotopic (exact) mass is 378 g/mol. The Labute approximate surface area is 153 Å². The molecule has 8 heteroatoms.